The van der Waals surface area contributed by atoms with Gasteiger partial charge in [-0.1, -0.05) is 15.9 Å². The minimum Gasteiger partial charge on any atom is -0.396 e. The number of nitrogens with two attached hydrogens (primary N) is 1. The van der Waals surface area contributed by atoms with Crippen molar-refractivity contribution in [1.82, 2.24) is 0 Å². The molecule has 1 aromatic carbocycles. The second-order valence-corrected chi connectivity index (χ2v) is 7.11. The first-order chi connectivity index (χ1) is 9.93. The number of rotatable bonds is 5. The highest BCUT2D eigenvalue weighted by Crippen LogP contribution is 2.42. The molecular weight excluding hydrogens is 375 g/mol. The van der Waals surface area contributed by atoms with Crippen molar-refractivity contribution >= 4 is 55.5 Å². The number of Topliss-reactive ketones (excluding diaryl/α,β-unsaturated/α-hetero) is 1. The minimum absolute atomic E-state index is 0.0607. The Labute approximate surface area is 139 Å². The molecule has 7 heteroatoms. The number of nitrogens with one attached hydrogen (secondary N) is 1. The molecule has 0 amide bonds. The fourth-order valence-corrected chi connectivity index (χ4v) is 4.20. The quantitative estimate of drug-likeness (QED) is 0.572. The Hall–Kier alpha value is -1.05. The lowest BCUT2D eigenvalue weighted by molar-refractivity contribution is 0.102. The van der Waals surface area contributed by atoms with E-state index in [2.05, 4.69) is 21.2 Å². The zero-order valence-corrected chi connectivity index (χ0v) is 14.7. The number of carbonyl (C=O) groups is 1. The second-order valence-electron chi connectivity index (χ2n) is 4.35. The molecule has 0 aliphatic heterocycles. The molecular formula is C14H14BrFN2OS2. The number of ketones is 1. The number of anilines is 2. The number of nitrogen functional groups attached to an aromatic ring is 1. The van der Waals surface area contributed by atoms with Crippen LogP contribution < -0.4 is 11.1 Å². The zero-order chi connectivity index (χ0) is 15.6. The van der Waals surface area contributed by atoms with E-state index in [4.69, 9.17) is 5.73 Å². The fraction of sp³-hybridized carbons (Fsp3) is 0.214. The highest BCUT2D eigenvalue weighted by Gasteiger charge is 2.18. The highest BCUT2D eigenvalue weighted by molar-refractivity contribution is 9.10. The van der Waals surface area contributed by atoms with Crippen molar-refractivity contribution in [3.8, 4) is 0 Å². The Kier molecular flexibility index (Phi) is 5.29. The molecule has 1 heterocycles. The van der Waals surface area contributed by atoms with Crippen molar-refractivity contribution in [1.29, 1.82) is 0 Å². The molecule has 0 bridgehead atoms. The third kappa shape index (κ3) is 3.59. The number of thiophene rings is 1. The van der Waals surface area contributed by atoms with Crippen LogP contribution in [0.1, 0.15) is 22.2 Å². The molecule has 0 aliphatic rings. The number of benzene rings is 1. The number of thioether (sulfide) groups is 1. The number of hydrogen-bond donors (Lipinski definition) is 2. The van der Waals surface area contributed by atoms with E-state index in [1.54, 1.807) is 12.1 Å². The van der Waals surface area contributed by atoms with E-state index in [-0.39, 0.29) is 11.6 Å². The number of hydrogen-bond acceptors (Lipinski definition) is 5. The summed E-state index contributed by atoms with van der Waals surface area (Å²) in [6.07, 6.45) is 1.90. The largest absolute Gasteiger partial charge is 0.396 e. The molecule has 2 aromatic rings. The topological polar surface area (TPSA) is 55.1 Å². The molecule has 3 nitrogen and oxygen atoms in total. The monoisotopic (exact) mass is 388 g/mol. The maximum atomic E-state index is 13.7. The van der Waals surface area contributed by atoms with E-state index in [0.29, 0.717) is 22.7 Å². The van der Waals surface area contributed by atoms with Crippen LogP contribution in [0.25, 0.3) is 0 Å². The summed E-state index contributed by atoms with van der Waals surface area (Å²) in [4.78, 5) is 12.9. The average Bonchev–Trinajstić information content (AvgIpc) is 2.76. The van der Waals surface area contributed by atoms with Gasteiger partial charge in [0.15, 0.2) is 5.78 Å². The molecule has 2 rings (SSSR count). The predicted molar refractivity (Wildman–Crippen MR) is 91.9 cm³/mol. The Morgan fingerprint density at radius 2 is 2.24 bits per heavy atom. The van der Waals surface area contributed by atoms with Crippen molar-refractivity contribution < 1.29 is 9.18 Å². The highest BCUT2D eigenvalue weighted by atomic mass is 79.9. The van der Waals surface area contributed by atoms with Crippen molar-refractivity contribution in [3.63, 3.8) is 0 Å². The zero-order valence-electron chi connectivity index (χ0n) is 11.5. The van der Waals surface area contributed by atoms with Gasteiger partial charge < -0.3 is 11.1 Å². The van der Waals surface area contributed by atoms with E-state index in [1.807, 2.05) is 6.26 Å². The number of halogens is 2. The van der Waals surface area contributed by atoms with Crippen LogP contribution in [0.5, 0.6) is 0 Å². The fourth-order valence-electron chi connectivity index (χ4n) is 1.86. The molecule has 0 saturated carbocycles. The first-order valence-electron chi connectivity index (χ1n) is 6.09. The van der Waals surface area contributed by atoms with E-state index >= 15 is 0 Å². The molecule has 21 heavy (non-hydrogen) atoms. The van der Waals surface area contributed by atoms with Gasteiger partial charge in [0.05, 0.1) is 15.5 Å². The molecule has 0 unspecified atom stereocenters. The van der Waals surface area contributed by atoms with Gasteiger partial charge in [-0.3, -0.25) is 4.79 Å². The summed E-state index contributed by atoms with van der Waals surface area (Å²) in [5.41, 5.74) is 7.03. The Morgan fingerprint density at radius 3 is 2.86 bits per heavy atom. The van der Waals surface area contributed by atoms with Gasteiger partial charge in [0.2, 0.25) is 0 Å². The summed E-state index contributed by atoms with van der Waals surface area (Å²) < 4.78 is 14.5. The first-order valence-corrected chi connectivity index (χ1v) is 8.92. The average molecular weight is 389 g/mol. The first kappa shape index (κ1) is 16.3. The van der Waals surface area contributed by atoms with Crippen LogP contribution in [0.2, 0.25) is 0 Å². The van der Waals surface area contributed by atoms with Gasteiger partial charge >= 0.3 is 0 Å². The molecule has 3 N–H and O–H groups in total. The molecule has 0 saturated heterocycles. The Balaban J connectivity index is 2.25. The van der Waals surface area contributed by atoms with Crippen LogP contribution in [0.15, 0.2) is 27.6 Å². The Morgan fingerprint density at radius 1 is 1.52 bits per heavy atom. The molecule has 0 aliphatic carbocycles. The van der Waals surface area contributed by atoms with Gasteiger partial charge in [-0.25, -0.2) is 4.39 Å². The van der Waals surface area contributed by atoms with Gasteiger partial charge in [-0.2, -0.15) is 0 Å². The van der Waals surface area contributed by atoms with Crippen LogP contribution in [-0.2, 0) is 6.54 Å². The lowest BCUT2D eigenvalue weighted by Crippen LogP contribution is -2.01. The smallest absolute Gasteiger partial charge is 0.171 e. The van der Waals surface area contributed by atoms with Crippen LogP contribution in [0.3, 0.4) is 0 Å². The van der Waals surface area contributed by atoms with Crippen LogP contribution in [0, 0.1) is 5.82 Å². The van der Waals surface area contributed by atoms with E-state index in [1.165, 1.54) is 36.1 Å². The number of carbonyl (C=O) groups excluding carboxylic acids is 1. The summed E-state index contributed by atoms with van der Waals surface area (Å²) in [5.74, 6) is -0.331. The second kappa shape index (κ2) is 6.81. The lowest BCUT2D eigenvalue weighted by Gasteiger charge is -2.08. The van der Waals surface area contributed by atoms with E-state index in [9.17, 15) is 9.18 Å². The summed E-state index contributed by atoms with van der Waals surface area (Å²) in [7, 11) is 0. The molecule has 112 valence electrons. The summed E-state index contributed by atoms with van der Waals surface area (Å²) in [5, 5.41) is 3.97. The maximum Gasteiger partial charge on any atom is 0.171 e. The van der Waals surface area contributed by atoms with Crippen molar-refractivity contribution in [2.24, 2.45) is 0 Å². The van der Waals surface area contributed by atoms with Gasteiger partial charge in [0.1, 0.15) is 10.8 Å². The molecule has 0 radical (unpaired) electrons. The van der Waals surface area contributed by atoms with Gasteiger partial charge in [0, 0.05) is 23.5 Å². The minimum atomic E-state index is -0.271. The lowest BCUT2D eigenvalue weighted by atomic mass is 10.2. The maximum absolute atomic E-state index is 13.7. The van der Waals surface area contributed by atoms with Crippen LogP contribution >= 0.6 is 39.0 Å². The van der Waals surface area contributed by atoms with Gasteiger partial charge in [-0.15, -0.1) is 23.1 Å². The van der Waals surface area contributed by atoms with Crippen LogP contribution in [0.4, 0.5) is 15.1 Å². The predicted octanol–water partition coefficient (Wildman–Crippen LogP) is 4.77. The summed E-state index contributed by atoms with van der Waals surface area (Å²) >= 11 is 6.10. The van der Waals surface area contributed by atoms with Crippen molar-refractivity contribution in [2.75, 3.05) is 17.3 Å². The Bertz CT molecular complexity index is 688. The third-order valence-corrected chi connectivity index (χ3v) is 5.59. The van der Waals surface area contributed by atoms with E-state index < -0.39 is 0 Å². The standard InChI is InChI=1S/C14H14BrFN2OS2/c1-7(19)12-11(17)13(20-2)14(21-12)18-6-8-5-9(15)3-4-10(8)16/h3-5,18H,6,17H2,1-2H3. The van der Waals surface area contributed by atoms with Gasteiger partial charge in [0.25, 0.3) is 0 Å². The normalized spacial score (nSPS) is 10.7. The van der Waals surface area contributed by atoms with Crippen LogP contribution in [-0.4, -0.2) is 12.0 Å². The molecule has 1 aromatic heterocycles. The molecule has 0 fully saturated rings. The van der Waals surface area contributed by atoms with E-state index in [0.717, 1.165) is 14.4 Å². The summed E-state index contributed by atoms with van der Waals surface area (Å²) in [6.45, 7) is 1.82. The summed E-state index contributed by atoms with van der Waals surface area (Å²) in [6, 6.07) is 4.80. The van der Waals surface area contributed by atoms with Crippen molar-refractivity contribution in [3.05, 3.63) is 38.9 Å². The molecule has 0 atom stereocenters. The van der Waals surface area contributed by atoms with Crippen molar-refractivity contribution in [2.45, 2.75) is 18.4 Å². The SMILES string of the molecule is CSc1c(NCc2cc(Br)ccc2F)sc(C(C)=O)c1N. The molecule has 0 spiro atoms. The van der Waals surface area contributed by atoms with Gasteiger partial charge in [-0.05, 0) is 24.5 Å². The third-order valence-electron chi connectivity index (χ3n) is 2.87.